The summed E-state index contributed by atoms with van der Waals surface area (Å²) in [5.41, 5.74) is 5.54. The lowest BCUT2D eigenvalue weighted by Gasteiger charge is -2.43. The molecule has 29 heavy (non-hydrogen) atoms. The van der Waals surface area contributed by atoms with Crippen LogP contribution >= 0.6 is 0 Å². The van der Waals surface area contributed by atoms with Crippen LogP contribution in [0.4, 0.5) is 11.4 Å². The molecule has 0 fully saturated rings. The summed E-state index contributed by atoms with van der Waals surface area (Å²) in [5, 5.41) is 0. The van der Waals surface area contributed by atoms with E-state index in [-0.39, 0.29) is 11.5 Å². The quantitative estimate of drug-likeness (QED) is 0.628. The van der Waals surface area contributed by atoms with Gasteiger partial charge in [0.1, 0.15) is 29.6 Å². The molecule has 6 rings (SSSR count). The first-order chi connectivity index (χ1) is 14.3. The standard InChI is InChI=1S/C25H22N2O2/c1-17-12-13-18(29-17)15-27-21-9-4-2-7-19(21)25(20-8-3-5-10-22(20)27)16-28-23-11-6-14-26-24(23)25/h2-12,14,18H,13,15-16H2,1H3. The molecule has 0 saturated heterocycles. The van der Waals surface area contributed by atoms with Crippen molar-refractivity contribution in [2.45, 2.75) is 24.9 Å². The Hall–Kier alpha value is -3.27. The zero-order chi connectivity index (χ0) is 19.4. The fraction of sp³-hybridized carbons (Fsp3) is 0.240. The Kier molecular flexibility index (Phi) is 3.51. The van der Waals surface area contributed by atoms with Gasteiger partial charge >= 0.3 is 0 Å². The number of nitrogens with zero attached hydrogens (tertiary/aromatic N) is 2. The first-order valence-corrected chi connectivity index (χ1v) is 10.2. The maximum absolute atomic E-state index is 6.17. The van der Waals surface area contributed by atoms with Gasteiger partial charge in [-0.1, -0.05) is 36.4 Å². The Labute approximate surface area is 170 Å². The Morgan fingerprint density at radius 2 is 1.72 bits per heavy atom. The minimum atomic E-state index is -0.384. The molecule has 3 aliphatic rings. The zero-order valence-corrected chi connectivity index (χ0v) is 16.3. The molecule has 2 aromatic carbocycles. The highest BCUT2D eigenvalue weighted by Gasteiger charge is 2.51. The van der Waals surface area contributed by atoms with Crippen LogP contribution in [0.2, 0.25) is 0 Å². The van der Waals surface area contributed by atoms with E-state index in [9.17, 15) is 0 Å². The number of para-hydroxylation sites is 2. The van der Waals surface area contributed by atoms with E-state index in [1.807, 2.05) is 25.3 Å². The van der Waals surface area contributed by atoms with Gasteiger partial charge in [0.25, 0.3) is 0 Å². The van der Waals surface area contributed by atoms with Crippen LogP contribution in [0, 0.1) is 0 Å². The molecular formula is C25H22N2O2. The molecule has 0 bridgehead atoms. The molecule has 4 heterocycles. The average Bonchev–Trinajstić information content (AvgIpc) is 3.36. The van der Waals surface area contributed by atoms with Gasteiger partial charge in [0.2, 0.25) is 0 Å². The molecule has 0 N–H and O–H groups in total. The maximum atomic E-state index is 6.17. The van der Waals surface area contributed by atoms with Gasteiger partial charge in [-0.25, -0.2) is 0 Å². The van der Waals surface area contributed by atoms with E-state index < -0.39 is 0 Å². The van der Waals surface area contributed by atoms with Gasteiger partial charge in [-0.05, 0) is 48.4 Å². The van der Waals surface area contributed by atoms with E-state index in [0.29, 0.717) is 6.61 Å². The van der Waals surface area contributed by atoms with Gasteiger partial charge in [0.15, 0.2) is 0 Å². The smallest absolute Gasteiger partial charge is 0.142 e. The van der Waals surface area contributed by atoms with Gasteiger partial charge in [-0.3, -0.25) is 4.98 Å². The van der Waals surface area contributed by atoms with Crippen molar-refractivity contribution in [2.24, 2.45) is 0 Å². The molecule has 0 aliphatic carbocycles. The molecule has 0 saturated carbocycles. The van der Waals surface area contributed by atoms with Crippen LogP contribution in [-0.2, 0) is 10.2 Å². The van der Waals surface area contributed by atoms with Crippen LogP contribution < -0.4 is 9.64 Å². The van der Waals surface area contributed by atoms with E-state index in [1.165, 1.54) is 22.5 Å². The second-order valence-electron chi connectivity index (χ2n) is 7.98. The lowest BCUT2D eigenvalue weighted by molar-refractivity contribution is 0.151. The monoisotopic (exact) mass is 382 g/mol. The second kappa shape index (κ2) is 6.11. The fourth-order valence-corrected chi connectivity index (χ4v) is 5.08. The van der Waals surface area contributed by atoms with Crippen molar-refractivity contribution in [1.82, 2.24) is 4.98 Å². The highest BCUT2D eigenvalue weighted by molar-refractivity contribution is 5.81. The SMILES string of the molecule is CC1=CCC(CN2c3ccccc3C3(COc4cccnc43)c3ccccc32)O1. The number of rotatable bonds is 2. The number of anilines is 2. The van der Waals surface area contributed by atoms with Crippen molar-refractivity contribution in [1.29, 1.82) is 0 Å². The molecule has 3 aliphatic heterocycles. The molecule has 1 atom stereocenters. The molecule has 4 heteroatoms. The van der Waals surface area contributed by atoms with Crippen molar-refractivity contribution >= 4 is 11.4 Å². The molecule has 1 unspecified atom stereocenters. The molecular weight excluding hydrogens is 360 g/mol. The van der Waals surface area contributed by atoms with Gasteiger partial charge in [0.05, 0.1) is 12.3 Å². The zero-order valence-electron chi connectivity index (χ0n) is 16.3. The predicted octanol–water partition coefficient (Wildman–Crippen LogP) is 4.95. The van der Waals surface area contributed by atoms with Gasteiger partial charge < -0.3 is 14.4 Å². The Morgan fingerprint density at radius 1 is 1.00 bits per heavy atom. The first kappa shape index (κ1) is 16.7. The normalized spacial score (nSPS) is 20.4. The first-order valence-electron chi connectivity index (χ1n) is 10.2. The van der Waals surface area contributed by atoms with Crippen LogP contribution in [0.15, 0.2) is 78.7 Å². The van der Waals surface area contributed by atoms with Crippen molar-refractivity contribution in [3.8, 4) is 5.75 Å². The summed E-state index contributed by atoms with van der Waals surface area (Å²) in [7, 11) is 0. The van der Waals surface area contributed by atoms with Crippen LogP contribution in [0.5, 0.6) is 5.75 Å². The van der Waals surface area contributed by atoms with Gasteiger partial charge in [0, 0.05) is 24.0 Å². The number of hydrogen-bond acceptors (Lipinski definition) is 4. The summed E-state index contributed by atoms with van der Waals surface area (Å²) in [5.74, 6) is 1.90. The number of aromatic nitrogens is 1. The highest BCUT2D eigenvalue weighted by atomic mass is 16.5. The average molecular weight is 382 g/mol. The molecule has 0 radical (unpaired) electrons. The number of pyridine rings is 1. The lowest BCUT2D eigenvalue weighted by atomic mass is 9.69. The minimum absolute atomic E-state index is 0.162. The number of hydrogen-bond donors (Lipinski definition) is 0. The molecule has 3 aromatic rings. The second-order valence-corrected chi connectivity index (χ2v) is 7.98. The van der Waals surface area contributed by atoms with E-state index in [2.05, 4.69) is 59.5 Å². The largest absolute Gasteiger partial charge is 0.493 e. The Bertz CT molecular complexity index is 1090. The van der Waals surface area contributed by atoms with Crippen molar-refractivity contribution in [3.05, 3.63) is 95.5 Å². The molecule has 0 amide bonds. The van der Waals surface area contributed by atoms with Crippen LogP contribution in [0.3, 0.4) is 0 Å². The van der Waals surface area contributed by atoms with E-state index in [1.54, 1.807) is 0 Å². The molecule has 144 valence electrons. The third-order valence-electron chi connectivity index (χ3n) is 6.34. The van der Waals surface area contributed by atoms with Crippen molar-refractivity contribution in [2.75, 3.05) is 18.1 Å². The molecule has 4 nitrogen and oxygen atoms in total. The lowest BCUT2D eigenvalue weighted by Crippen LogP contribution is -2.41. The summed E-state index contributed by atoms with van der Waals surface area (Å²) in [4.78, 5) is 7.21. The van der Waals surface area contributed by atoms with Crippen LogP contribution in [0.25, 0.3) is 0 Å². The van der Waals surface area contributed by atoms with Crippen molar-refractivity contribution in [3.63, 3.8) is 0 Å². The van der Waals surface area contributed by atoms with Gasteiger partial charge in [-0.2, -0.15) is 0 Å². The fourth-order valence-electron chi connectivity index (χ4n) is 5.08. The van der Waals surface area contributed by atoms with Crippen LogP contribution in [-0.4, -0.2) is 24.2 Å². The predicted molar refractivity (Wildman–Crippen MR) is 113 cm³/mol. The summed E-state index contributed by atoms with van der Waals surface area (Å²) in [6.45, 7) is 3.42. The third kappa shape index (κ3) is 2.29. The van der Waals surface area contributed by atoms with E-state index in [4.69, 9.17) is 14.5 Å². The number of allylic oxidation sites excluding steroid dienone is 1. The third-order valence-corrected chi connectivity index (χ3v) is 6.34. The topological polar surface area (TPSA) is 34.6 Å². The summed E-state index contributed by atoms with van der Waals surface area (Å²) in [6.07, 6.45) is 5.16. The maximum Gasteiger partial charge on any atom is 0.142 e. The number of ether oxygens (including phenoxy) is 2. The molecule has 1 spiro atoms. The highest BCUT2D eigenvalue weighted by Crippen LogP contribution is 2.56. The van der Waals surface area contributed by atoms with E-state index >= 15 is 0 Å². The molecule has 1 aromatic heterocycles. The Morgan fingerprint density at radius 3 is 2.41 bits per heavy atom. The minimum Gasteiger partial charge on any atom is -0.493 e. The number of fused-ring (bicyclic) bond motifs is 6. The Balaban J connectivity index is 1.56. The summed E-state index contributed by atoms with van der Waals surface area (Å²) < 4.78 is 12.2. The summed E-state index contributed by atoms with van der Waals surface area (Å²) >= 11 is 0. The van der Waals surface area contributed by atoms with Crippen molar-refractivity contribution < 1.29 is 9.47 Å². The van der Waals surface area contributed by atoms with Gasteiger partial charge in [-0.15, -0.1) is 0 Å². The summed E-state index contributed by atoms with van der Waals surface area (Å²) in [6, 6.07) is 21.3. The van der Waals surface area contributed by atoms with E-state index in [0.717, 1.165) is 30.2 Å². The number of benzene rings is 2. The van der Waals surface area contributed by atoms with Crippen LogP contribution in [0.1, 0.15) is 30.2 Å².